The molecule has 0 aliphatic carbocycles. The van der Waals surface area contributed by atoms with Crippen LogP contribution in [0.15, 0.2) is 30.3 Å². The van der Waals surface area contributed by atoms with Crippen LogP contribution in [-0.2, 0) is 30.4 Å². The maximum atomic E-state index is 12.5. The van der Waals surface area contributed by atoms with E-state index < -0.39 is 42.9 Å². The fraction of sp³-hybridized carbons (Fsp3) is 0.444. The Hall–Kier alpha value is -3.18. The number of rotatable bonds is 9. The fourth-order valence-electron chi connectivity index (χ4n) is 2.58. The number of carbonyl (C=O) groups excluding carboxylic acids is 3. The number of likely N-dealkylation sites (tertiary alicyclic amines) is 1. The molecule has 1 aromatic rings. The van der Waals surface area contributed by atoms with Crippen molar-refractivity contribution in [3.8, 4) is 0 Å². The number of nitrogens with one attached hydrogen (secondary N) is 1. The van der Waals surface area contributed by atoms with Crippen molar-refractivity contribution < 1.29 is 38.5 Å². The minimum absolute atomic E-state index is 0.0397. The van der Waals surface area contributed by atoms with E-state index in [-0.39, 0.29) is 19.7 Å². The number of carboxylic acids is 1. The number of ether oxygens (including phenoxy) is 3. The number of imide groups is 1. The highest BCUT2D eigenvalue weighted by Gasteiger charge is 2.44. The summed E-state index contributed by atoms with van der Waals surface area (Å²) in [6, 6.07) is 7.27. The highest BCUT2D eigenvalue weighted by molar-refractivity contribution is 6.03. The smallest absolute Gasteiger partial charge is 0.408 e. The molecule has 1 unspecified atom stereocenters. The van der Waals surface area contributed by atoms with E-state index in [2.05, 4.69) is 5.32 Å². The molecule has 158 valence electrons. The number of β-lactam (4-membered cyclic amide) rings is 1. The van der Waals surface area contributed by atoms with Crippen molar-refractivity contribution in [2.75, 3.05) is 33.9 Å². The Kier molecular flexibility index (Phi) is 7.92. The molecule has 0 bridgehead atoms. The zero-order chi connectivity index (χ0) is 21.4. The quantitative estimate of drug-likeness (QED) is 0.438. The van der Waals surface area contributed by atoms with Gasteiger partial charge < -0.3 is 29.5 Å². The van der Waals surface area contributed by atoms with E-state index >= 15 is 0 Å². The average molecular weight is 409 g/mol. The first-order valence-electron chi connectivity index (χ1n) is 8.70. The number of amides is 4. The number of carboxylic acid groups (broad SMARTS) is 1. The number of nitrogens with zero attached hydrogens (tertiary/aromatic N) is 2. The highest BCUT2D eigenvalue weighted by atomic mass is 16.7. The van der Waals surface area contributed by atoms with Crippen molar-refractivity contribution in [3.63, 3.8) is 0 Å². The Morgan fingerprint density at radius 2 is 1.90 bits per heavy atom. The second-order valence-electron chi connectivity index (χ2n) is 6.17. The van der Waals surface area contributed by atoms with E-state index in [0.717, 1.165) is 15.4 Å². The lowest BCUT2D eigenvalue weighted by Crippen LogP contribution is -2.68. The molecule has 2 N–H and O–H groups in total. The van der Waals surface area contributed by atoms with E-state index in [4.69, 9.17) is 19.3 Å². The number of alkyl carbamates (subject to hydrolysis) is 1. The lowest BCUT2D eigenvalue weighted by atomic mass is 10.1. The van der Waals surface area contributed by atoms with E-state index in [9.17, 15) is 19.2 Å². The zero-order valence-corrected chi connectivity index (χ0v) is 16.1. The van der Waals surface area contributed by atoms with Gasteiger partial charge in [-0.2, -0.15) is 0 Å². The zero-order valence-electron chi connectivity index (χ0n) is 16.1. The van der Waals surface area contributed by atoms with Crippen LogP contribution < -0.4 is 5.32 Å². The van der Waals surface area contributed by atoms with Gasteiger partial charge in [-0.1, -0.05) is 30.3 Å². The maximum absolute atomic E-state index is 12.5. The molecule has 0 aromatic heterocycles. The molecule has 4 amide bonds. The summed E-state index contributed by atoms with van der Waals surface area (Å²) >= 11 is 0. The van der Waals surface area contributed by atoms with Crippen LogP contribution in [0.2, 0.25) is 0 Å². The van der Waals surface area contributed by atoms with Crippen molar-refractivity contribution in [2.45, 2.75) is 18.9 Å². The molecule has 1 aromatic carbocycles. The van der Waals surface area contributed by atoms with E-state index in [1.54, 1.807) is 24.3 Å². The Morgan fingerprint density at radius 1 is 1.24 bits per heavy atom. The van der Waals surface area contributed by atoms with Gasteiger partial charge in [0, 0.05) is 14.2 Å². The van der Waals surface area contributed by atoms with Crippen molar-refractivity contribution in [1.29, 1.82) is 0 Å². The van der Waals surface area contributed by atoms with Crippen LogP contribution in [0.1, 0.15) is 5.56 Å². The second kappa shape index (κ2) is 10.4. The standard InChI is InChI=1S/C18H23N3O8/c1-27-15(28-2)10-20(9-14(22)23)18(26)21-8-13(16(21)24)19-17(25)29-11-12-6-4-3-5-7-12/h3-7,13,15H,8-11H2,1-2H3,(H,19,25)(H,22,23). The molecule has 1 aliphatic rings. The first-order valence-corrected chi connectivity index (χ1v) is 8.70. The predicted molar refractivity (Wildman–Crippen MR) is 97.7 cm³/mol. The molecule has 1 fully saturated rings. The van der Waals surface area contributed by atoms with Gasteiger partial charge in [0.1, 0.15) is 19.2 Å². The number of aliphatic carboxylic acids is 1. The molecule has 0 radical (unpaired) electrons. The van der Waals surface area contributed by atoms with Crippen LogP contribution in [-0.4, -0.2) is 85.1 Å². The van der Waals surface area contributed by atoms with Crippen molar-refractivity contribution in [1.82, 2.24) is 15.1 Å². The Balaban J connectivity index is 1.86. The summed E-state index contributed by atoms with van der Waals surface area (Å²) in [6.07, 6.45) is -1.64. The number of carbonyl (C=O) groups is 4. The minimum atomic E-state index is -1.25. The summed E-state index contributed by atoms with van der Waals surface area (Å²) < 4.78 is 15.0. The summed E-state index contributed by atoms with van der Waals surface area (Å²) in [5, 5.41) is 11.4. The van der Waals surface area contributed by atoms with Crippen LogP contribution in [0, 0.1) is 0 Å². The highest BCUT2D eigenvalue weighted by Crippen LogP contribution is 2.15. The fourth-order valence-corrected chi connectivity index (χ4v) is 2.58. The first-order chi connectivity index (χ1) is 13.8. The summed E-state index contributed by atoms with van der Waals surface area (Å²) in [5.41, 5.74) is 0.787. The SMILES string of the molecule is COC(CN(CC(=O)O)C(=O)N1CC(NC(=O)OCc2ccccc2)C1=O)OC. The van der Waals surface area contributed by atoms with Crippen LogP contribution in [0.5, 0.6) is 0 Å². The van der Waals surface area contributed by atoms with Gasteiger partial charge in [-0.05, 0) is 5.56 Å². The number of methoxy groups -OCH3 is 2. The molecule has 1 atom stereocenters. The van der Waals surface area contributed by atoms with Gasteiger partial charge in [0.25, 0.3) is 5.91 Å². The number of hydrogen-bond donors (Lipinski definition) is 2. The number of hydrogen-bond acceptors (Lipinski definition) is 7. The van der Waals surface area contributed by atoms with Gasteiger partial charge in [-0.15, -0.1) is 0 Å². The largest absolute Gasteiger partial charge is 0.480 e. The molecule has 1 heterocycles. The van der Waals surface area contributed by atoms with Gasteiger partial charge in [-0.3, -0.25) is 14.5 Å². The third-order valence-electron chi connectivity index (χ3n) is 4.16. The average Bonchev–Trinajstić information content (AvgIpc) is 2.72. The van der Waals surface area contributed by atoms with E-state index in [0.29, 0.717) is 0 Å². The Bertz CT molecular complexity index is 738. The van der Waals surface area contributed by atoms with Crippen molar-refractivity contribution in [3.05, 3.63) is 35.9 Å². The molecule has 1 saturated heterocycles. The van der Waals surface area contributed by atoms with Gasteiger partial charge in [0.15, 0.2) is 6.29 Å². The Morgan fingerprint density at radius 3 is 2.45 bits per heavy atom. The third kappa shape index (κ3) is 6.16. The predicted octanol–water partition coefficient (Wildman–Crippen LogP) is 0.249. The molecule has 11 heteroatoms. The molecule has 29 heavy (non-hydrogen) atoms. The lowest BCUT2D eigenvalue weighted by Gasteiger charge is -2.39. The van der Waals surface area contributed by atoms with Gasteiger partial charge in [0.05, 0.1) is 13.1 Å². The van der Waals surface area contributed by atoms with Crippen molar-refractivity contribution in [2.24, 2.45) is 0 Å². The molecule has 1 aliphatic heterocycles. The number of benzene rings is 1. The molecule has 0 saturated carbocycles. The number of urea groups is 1. The molecular formula is C18H23N3O8. The molecular weight excluding hydrogens is 386 g/mol. The second-order valence-corrected chi connectivity index (χ2v) is 6.17. The summed E-state index contributed by atoms with van der Waals surface area (Å²) in [4.78, 5) is 49.3. The lowest BCUT2D eigenvalue weighted by molar-refractivity contribution is -0.145. The molecule has 2 rings (SSSR count). The van der Waals surface area contributed by atoms with Crippen LogP contribution in [0.3, 0.4) is 0 Å². The topological polar surface area (TPSA) is 135 Å². The Labute approximate surface area is 167 Å². The summed E-state index contributed by atoms with van der Waals surface area (Å²) in [7, 11) is 2.68. The van der Waals surface area contributed by atoms with E-state index in [1.807, 2.05) is 6.07 Å². The van der Waals surface area contributed by atoms with Crippen LogP contribution >= 0.6 is 0 Å². The van der Waals surface area contributed by atoms with Gasteiger partial charge in [-0.25, -0.2) is 9.59 Å². The minimum Gasteiger partial charge on any atom is -0.480 e. The summed E-state index contributed by atoms with van der Waals surface area (Å²) in [5.74, 6) is -1.91. The third-order valence-corrected chi connectivity index (χ3v) is 4.16. The monoisotopic (exact) mass is 409 g/mol. The maximum Gasteiger partial charge on any atom is 0.408 e. The molecule has 11 nitrogen and oxygen atoms in total. The van der Waals surface area contributed by atoms with Gasteiger partial charge >= 0.3 is 18.1 Å². The first kappa shape index (κ1) is 22.1. The van der Waals surface area contributed by atoms with Gasteiger partial charge in [0.2, 0.25) is 0 Å². The van der Waals surface area contributed by atoms with Crippen LogP contribution in [0.4, 0.5) is 9.59 Å². The molecule has 0 spiro atoms. The van der Waals surface area contributed by atoms with Crippen molar-refractivity contribution >= 4 is 24.0 Å². The van der Waals surface area contributed by atoms with Crippen LogP contribution in [0.25, 0.3) is 0 Å². The summed E-state index contributed by atoms with van der Waals surface area (Å²) in [6.45, 7) is -0.876. The normalized spacial score (nSPS) is 15.6. The van der Waals surface area contributed by atoms with E-state index in [1.165, 1.54) is 14.2 Å².